The number of carbonyl (C=O) groups is 1. The lowest BCUT2D eigenvalue weighted by molar-refractivity contribution is -0.255. The molecule has 0 saturated heterocycles. The number of halogens is 1. The summed E-state index contributed by atoms with van der Waals surface area (Å²) >= 11 is 3.27. The SMILES string of the molecule is O=C([O-])c1ccc(OCc2ccccc2)c(Br)c1. The summed E-state index contributed by atoms with van der Waals surface area (Å²) in [5, 5.41) is 10.7. The summed E-state index contributed by atoms with van der Waals surface area (Å²) in [6, 6.07) is 14.3. The van der Waals surface area contributed by atoms with Gasteiger partial charge >= 0.3 is 0 Å². The van der Waals surface area contributed by atoms with Crippen LogP contribution in [0.4, 0.5) is 0 Å². The van der Waals surface area contributed by atoms with Crippen molar-refractivity contribution in [3.05, 3.63) is 64.1 Å². The Labute approximate surface area is 113 Å². The Morgan fingerprint density at radius 3 is 2.50 bits per heavy atom. The standard InChI is InChI=1S/C14H11BrO3/c15-12-8-11(14(16)17)6-7-13(12)18-9-10-4-2-1-3-5-10/h1-8H,9H2,(H,16,17)/p-1. The fourth-order valence-electron chi connectivity index (χ4n) is 1.48. The fourth-order valence-corrected chi connectivity index (χ4v) is 1.97. The van der Waals surface area contributed by atoms with Crippen molar-refractivity contribution in [2.45, 2.75) is 6.61 Å². The summed E-state index contributed by atoms with van der Waals surface area (Å²) in [7, 11) is 0. The van der Waals surface area contributed by atoms with Crippen LogP contribution in [0.3, 0.4) is 0 Å². The van der Waals surface area contributed by atoms with Crippen LogP contribution in [0.15, 0.2) is 53.0 Å². The summed E-state index contributed by atoms with van der Waals surface area (Å²) in [6.45, 7) is 0.435. The number of carbonyl (C=O) groups excluding carboxylic acids is 1. The number of carboxylic acids is 1. The van der Waals surface area contributed by atoms with E-state index in [2.05, 4.69) is 15.9 Å². The molecule has 18 heavy (non-hydrogen) atoms. The van der Waals surface area contributed by atoms with Crippen molar-refractivity contribution in [3.63, 3.8) is 0 Å². The van der Waals surface area contributed by atoms with Crippen LogP contribution in [0.2, 0.25) is 0 Å². The minimum absolute atomic E-state index is 0.119. The average molecular weight is 306 g/mol. The first kappa shape index (κ1) is 12.6. The van der Waals surface area contributed by atoms with Crippen molar-refractivity contribution in [1.29, 1.82) is 0 Å². The Balaban J connectivity index is 2.08. The maximum atomic E-state index is 10.7. The fraction of sp³-hybridized carbons (Fsp3) is 0.0714. The quantitative estimate of drug-likeness (QED) is 0.871. The Morgan fingerprint density at radius 2 is 1.89 bits per heavy atom. The molecule has 0 aromatic heterocycles. The van der Waals surface area contributed by atoms with Crippen molar-refractivity contribution in [3.8, 4) is 5.75 Å². The normalized spacial score (nSPS) is 10.1. The minimum Gasteiger partial charge on any atom is -0.545 e. The Morgan fingerprint density at radius 1 is 1.17 bits per heavy atom. The molecule has 92 valence electrons. The summed E-state index contributed by atoms with van der Waals surface area (Å²) in [5.74, 6) is -0.603. The maximum Gasteiger partial charge on any atom is 0.134 e. The van der Waals surface area contributed by atoms with Crippen molar-refractivity contribution < 1.29 is 14.6 Å². The molecule has 2 aromatic carbocycles. The highest BCUT2D eigenvalue weighted by Crippen LogP contribution is 2.26. The molecule has 0 amide bonds. The van der Waals surface area contributed by atoms with Crippen molar-refractivity contribution in [1.82, 2.24) is 0 Å². The zero-order valence-corrected chi connectivity index (χ0v) is 11.0. The van der Waals surface area contributed by atoms with E-state index in [0.717, 1.165) is 5.56 Å². The van der Waals surface area contributed by atoms with Gasteiger partial charge in [-0.25, -0.2) is 0 Å². The Kier molecular flexibility index (Phi) is 3.99. The van der Waals surface area contributed by atoms with Crippen LogP contribution in [-0.4, -0.2) is 5.97 Å². The average Bonchev–Trinajstić information content (AvgIpc) is 2.38. The van der Waals surface area contributed by atoms with Gasteiger partial charge in [0.1, 0.15) is 12.4 Å². The first-order valence-corrected chi connectivity index (χ1v) is 6.14. The molecular formula is C14H10BrO3-. The van der Waals surface area contributed by atoms with E-state index in [1.165, 1.54) is 12.1 Å². The van der Waals surface area contributed by atoms with Gasteiger partial charge in [0.15, 0.2) is 0 Å². The van der Waals surface area contributed by atoms with Crippen LogP contribution in [0, 0.1) is 0 Å². The molecule has 0 unspecified atom stereocenters. The lowest BCUT2D eigenvalue weighted by Gasteiger charge is -2.10. The highest BCUT2D eigenvalue weighted by atomic mass is 79.9. The molecule has 0 saturated carbocycles. The van der Waals surface area contributed by atoms with E-state index in [0.29, 0.717) is 16.8 Å². The highest BCUT2D eigenvalue weighted by Gasteiger charge is 2.03. The summed E-state index contributed by atoms with van der Waals surface area (Å²) in [4.78, 5) is 10.7. The van der Waals surface area contributed by atoms with Gasteiger partial charge in [0.05, 0.1) is 10.4 Å². The first-order chi connectivity index (χ1) is 8.66. The number of ether oxygens (including phenoxy) is 1. The molecule has 4 heteroatoms. The second-order valence-electron chi connectivity index (χ2n) is 3.71. The van der Waals surface area contributed by atoms with Gasteiger partial charge in [-0.2, -0.15) is 0 Å². The van der Waals surface area contributed by atoms with E-state index in [9.17, 15) is 9.90 Å². The van der Waals surface area contributed by atoms with E-state index in [4.69, 9.17) is 4.74 Å². The van der Waals surface area contributed by atoms with E-state index >= 15 is 0 Å². The number of benzene rings is 2. The van der Waals surface area contributed by atoms with Gasteiger partial charge in [-0.3, -0.25) is 0 Å². The molecule has 2 rings (SSSR count). The van der Waals surface area contributed by atoms with Gasteiger partial charge < -0.3 is 14.6 Å². The number of aromatic carboxylic acids is 1. The molecule has 0 bridgehead atoms. The van der Waals surface area contributed by atoms with E-state index in [1.807, 2.05) is 30.3 Å². The zero-order valence-electron chi connectivity index (χ0n) is 9.43. The zero-order chi connectivity index (χ0) is 13.0. The number of rotatable bonds is 4. The van der Waals surface area contributed by atoms with Gasteiger partial charge in [-0.1, -0.05) is 30.3 Å². The Hall–Kier alpha value is -1.81. The van der Waals surface area contributed by atoms with E-state index in [-0.39, 0.29) is 5.56 Å². The van der Waals surface area contributed by atoms with Crippen molar-refractivity contribution >= 4 is 21.9 Å². The molecular weight excluding hydrogens is 296 g/mol. The molecule has 2 aromatic rings. The third-order valence-corrected chi connectivity index (χ3v) is 3.02. The van der Waals surface area contributed by atoms with Crippen LogP contribution < -0.4 is 9.84 Å². The number of carboxylic acid groups (broad SMARTS) is 1. The minimum atomic E-state index is -1.20. The molecule has 0 heterocycles. The van der Waals surface area contributed by atoms with Crippen LogP contribution in [-0.2, 0) is 6.61 Å². The Bertz CT molecular complexity index is 552. The van der Waals surface area contributed by atoms with E-state index in [1.54, 1.807) is 6.07 Å². The highest BCUT2D eigenvalue weighted by molar-refractivity contribution is 9.10. The predicted octanol–water partition coefficient (Wildman–Crippen LogP) is 2.39. The molecule has 0 N–H and O–H groups in total. The second-order valence-corrected chi connectivity index (χ2v) is 4.56. The van der Waals surface area contributed by atoms with Gasteiger partial charge in [-0.15, -0.1) is 0 Å². The third kappa shape index (κ3) is 3.11. The molecule has 0 spiro atoms. The van der Waals surface area contributed by atoms with Gasteiger partial charge in [-0.05, 0) is 45.3 Å². The molecule has 0 atom stereocenters. The van der Waals surface area contributed by atoms with Crippen molar-refractivity contribution in [2.75, 3.05) is 0 Å². The summed E-state index contributed by atoms with van der Waals surface area (Å²) in [6.07, 6.45) is 0. The number of hydrogen-bond acceptors (Lipinski definition) is 3. The first-order valence-electron chi connectivity index (χ1n) is 5.34. The smallest absolute Gasteiger partial charge is 0.134 e. The summed E-state index contributed by atoms with van der Waals surface area (Å²) < 4.78 is 6.19. The second kappa shape index (κ2) is 5.69. The molecule has 0 fully saturated rings. The van der Waals surface area contributed by atoms with Gasteiger partial charge in [0, 0.05) is 0 Å². The summed E-state index contributed by atoms with van der Waals surface area (Å²) in [5.41, 5.74) is 1.17. The topological polar surface area (TPSA) is 49.4 Å². The monoisotopic (exact) mass is 305 g/mol. The van der Waals surface area contributed by atoms with Gasteiger partial charge in [0.2, 0.25) is 0 Å². The van der Waals surface area contributed by atoms with Crippen LogP contribution in [0.1, 0.15) is 15.9 Å². The molecule has 0 radical (unpaired) electrons. The van der Waals surface area contributed by atoms with Crippen LogP contribution in [0.25, 0.3) is 0 Å². The van der Waals surface area contributed by atoms with Crippen molar-refractivity contribution in [2.24, 2.45) is 0 Å². The van der Waals surface area contributed by atoms with Crippen LogP contribution >= 0.6 is 15.9 Å². The lowest BCUT2D eigenvalue weighted by Crippen LogP contribution is -2.22. The van der Waals surface area contributed by atoms with E-state index < -0.39 is 5.97 Å². The largest absolute Gasteiger partial charge is 0.545 e. The predicted molar refractivity (Wildman–Crippen MR) is 69.2 cm³/mol. The molecule has 3 nitrogen and oxygen atoms in total. The third-order valence-electron chi connectivity index (χ3n) is 2.40. The molecule has 0 aliphatic carbocycles. The lowest BCUT2D eigenvalue weighted by atomic mass is 10.2. The number of hydrogen-bond donors (Lipinski definition) is 0. The maximum absolute atomic E-state index is 10.7. The molecule has 0 aliphatic heterocycles. The van der Waals surface area contributed by atoms with Gasteiger partial charge in [0.25, 0.3) is 0 Å². The van der Waals surface area contributed by atoms with Crippen LogP contribution in [0.5, 0.6) is 5.75 Å². The molecule has 0 aliphatic rings.